The summed E-state index contributed by atoms with van der Waals surface area (Å²) in [4.78, 5) is 23.8. The predicted octanol–water partition coefficient (Wildman–Crippen LogP) is 4.37. The fourth-order valence-corrected chi connectivity index (χ4v) is 2.57. The van der Waals surface area contributed by atoms with Gasteiger partial charge in [0.15, 0.2) is 6.61 Å². The number of alkyl halides is 3. The molecule has 2 aromatic carbocycles. The normalized spacial score (nSPS) is 11.0. The number of benzene rings is 2. The Hall–Kier alpha value is -2.45. The zero-order valence-electron chi connectivity index (χ0n) is 13.5. The van der Waals surface area contributed by atoms with Gasteiger partial charge in [-0.15, -0.1) is 13.2 Å². The van der Waals surface area contributed by atoms with Crippen LogP contribution in [-0.4, -0.2) is 24.8 Å². The lowest BCUT2D eigenvalue weighted by atomic mass is 10.2. The number of ether oxygens (including phenoxy) is 2. The highest BCUT2D eigenvalue weighted by molar-refractivity contribution is 6.39. The van der Waals surface area contributed by atoms with E-state index in [1.54, 1.807) is 0 Å². The number of rotatable bonds is 6. The lowest BCUT2D eigenvalue weighted by Gasteiger charge is -2.13. The first kappa shape index (κ1) is 20.9. The van der Waals surface area contributed by atoms with E-state index in [1.807, 2.05) is 0 Å². The fourth-order valence-electron chi connectivity index (χ4n) is 2.02. The molecule has 0 aliphatic carbocycles. The molecule has 0 radical (unpaired) electrons. The Morgan fingerprint density at radius 2 is 1.63 bits per heavy atom. The summed E-state index contributed by atoms with van der Waals surface area (Å²) >= 11 is 11.7. The Bertz CT molecular complexity index is 823. The first-order valence-electron chi connectivity index (χ1n) is 7.39. The van der Waals surface area contributed by atoms with Crippen LogP contribution in [0.25, 0.3) is 0 Å². The highest BCUT2D eigenvalue weighted by Gasteiger charge is 2.32. The van der Waals surface area contributed by atoms with Crippen molar-refractivity contribution in [2.45, 2.75) is 12.9 Å². The average molecular weight is 422 g/mol. The van der Waals surface area contributed by atoms with Crippen molar-refractivity contribution in [2.75, 3.05) is 6.61 Å². The number of nitrogens with one attached hydrogen (secondary N) is 1. The molecule has 0 unspecified atom stereocenters. The van der Waals surface area contributed by atoms with Crippen LogP contribution in [0.5, 0.6) is 5.75 Å². The van der Waals surface area contributed by atoms with E-state index in [2.05, 4.69) is 10.1 Å². The zero-order valence-corrected chi connectivity index (χ0v) is 15.0. The molecule has 0 bridgehead atoms. The number of halogens is 5. The predicted molar refractivity (Wildman–Crippen MR) is 91.7 cm³/mol. The number of carbonyl (C=O) groups excluding carboxylic acids is 2. The molecule has 2 rings (SSSR count). The Labute approximate surface area is 162 Å². The lowest BCUT2D eigenvalue weighted by Crippen LogP contribution is -2.29. The smallest absolute Gasteiger partial charge is 0.452 e. The second-order valence-corrected chi connectivity index (χ2v) is 5.92. The molecule has 1 N–H and O–H groups in total. The van der Waals surface area contributed by atoms with E-state index in [0.29, 0.717) is 0 Å². The highest BCUT2D eigenvalue weighted by atomic mass is 35.5. The van der Waals surface area contributed by atoms with Gasteiger partial charge in [0.2, 0.25) is 0 Å². The van der Waals surface area contributed by atoms with Gasteiger partial charge in [-0.1, -0.05) is 47.5 Å². The summed E-state index contributed by atoms with van der Waals surface area (Å²) in [6, 6.07) is 9.73. The van der Waals surface area contributed by atoms with Crippen LogP contribution < -0.4 is 10.1 Å². The number of hydrogen-bond donors (Lipinski definition) is 1. The fraction of sp³-hybridized carbons (Fsp3) is 0.176. The standard InChI is InChI=1S/C17H12Cl2F3NO4/c18-11-5-3-6-12(19)15(11)16(25)26-9-14(24)23-8-10-4-1-2-7-13(10)27-17(20,21)22/h1-7H,8-9H2,(H,23,24). The SMILES string of the molecule is O=C(COC(=O)c1c(Cl)cccc1Cl)NCc1ccccc1OC(F)(F)F. The lowest BCUT2D eigenvalue weighted by molar-refractivity contribution is -0.274. The van der Waals surface area contributed by atoms with E-state index in [4.69, 9.17) is 27.9 Å². The summed E-state index contributed by atoms with van der Waals surface area (Å²) in [5.41, 5.74) is 0.0150. The van der Waals surface area contributed by atoms with Crippen LogP contribution in [0.1, 0.15) is 15.9 Å². The highest BCUT2D eigenvalue weighted by Crippen LogP contribution is 2.26. The molecule has 1 amide bonds. The molecule has 0 spiro atoms. The Morgan fingerprint density at radius 3 is 2.26 bits per heavy atom. The van der Waals surface area contributed by atoms with Gasteiger partial charge < -0.3 is 14.8 Å². The molecule has 27 heavy (non-hydrogen) atoms. The quantitative estimate of drug-likeness (QED) is 0.703. The Morgan fingerprint density at radius 1 is 1.00 bits per heavy atom. The minimum atomic E-state index is -4.86. The number of hydrogen-bond acceptors (Lipinski definition) is 4. The van der Waals surface area contributed by atoms with Crippen LogP contribution in [0, 0.1) is 0 Å². The second-order valence-electron chi connectivity index (χ2n) is 5.11. The van der Waals surface area contributed by atoms with E-state index >= 15 is 0 Å². The molecule has 0 aromatic heterocycles. The van der Waals surface area contributed by atoms with E-state index in [1.165, 1.54) is 36.4 Å². The third-order valence-corrected chi connectivity index (χ3v) is 3.81. The van der Waals surface area contributed by atoms with Crippen molar-refractivity contribution < 1.29 is 32.2 Å². The molecule has 2 aromatic rings. The summed E-state index contributed by atoms with van der Waals surface area (Å²) in [6.45, 7) is -0.918. The molecule has 0 heterocycles. The minimum absolute atomic E-state index is 0.0612. The average Bonchev–Trinajstić information content (AvgIpc) is 2.57. The molecule has 0 aliphatic rings. The first-order chi connectivity index (χ1) is 12.7. The van der Waals surface area contributed by atoms with Crippen LogP contribution in [0.2, 0.25) is 10.0 Å². The van der Waals surface area contributed by atoms with Crippen molar-refractivity contribution >= 4 is 35.1 Å². The van der Waals surface area contributed by atoms with Gasteiger partial charge in [-0.25, -0.2) is 4.79 Å². The van der Waals surface area contributed by atoms with Crippen LogP contribution in [0.4, 0.5) is 13.2 Å². The van der Waals surface area contributed by atoms with E-state index in [-0.39, 0.29) is 27.7 Å². The van der Waals surface area contributed by atoms with E-state index < -0.39 is 30.6 Å². The molecule has 0 aliphatic heterocycles. The molecule has 5 nitrogen and oxygen atoms in total. The largest absolute Gasteiger partial charge is 0.573 e. The van der Waals surface area contributed by atoms with Crippen LogP contribution in [-0.2, 0) is 16.1 Å². The molecule has 0 atom stereocenters. The first-order valence-corrected chi connectivity index (χ1v) is 8.14. The summed E-state index contributed by atoms with van der Waals surface area (Å²) in [5, 5.41) is 2.45. The number of amides is 1. The maximum Gasteiger partial charge on any atom is 0.573 e. The molecule has 0 saturated heterocycles. The Kier molecular flexibility index (Phi) is 6.92. The van der Waals surface area contributed by atoms with Gasteiger partial charge in [0.25, 0.3) is 5.91 Å². The van der Waals surface area contributed by atoms with Crippen molar-refractivity contribution in [2.24, 2.45) is 0 Å². The van der Waals surface area contributed by atoms with Crippen LogP contribution >= 0.6 is 23.2 Å². The molecule has 0 saturated carbocycles. The molecule has 0 fully saturated rings. The maximum atomic E-state index is 12.4. The van der Waals surface area contributed by atoms with Gasteiger partial charge in [0, 0.05) is 12.1 Å². The zero-order chi connectivity index (χ0) is 20.0. The second kappa shape index (κ2) is 8.96. The molecular weight excluding hydrogens is 410 g/mol. The van der Waals surface area contributed by atoms with Gasteiger partial charge in [0.1, 0.15) is 5.75 Å². The van der Waals surface area contributed by atoms with E-state index in [0.717, 1.165) is 6.07 Å². The Balaban J connectivity index is 1.91. The van der Waals surface area contributed by atoms with Crippen LogP contribution in [0.15, 0.2) is 42.5 Å². The summed E-state index contributed by atoms with van der Waals surface area (Å²) in [5.74, 6) is -2.07. The number of para-hydroxylation sites is 1. The third-order valence-electron chi connectivity index (χ3n) is 3.18. The van der Waals surface area contributed by atoms with Crippen molar-refractivity contribution in [1.29, 1.82) is 0 Å². The van der Waals surface area contributed by atoms with Crippen molar-refractivity contribution in [3.8, 4) is 5.75 Å². The topological polar surface area (TPSA) is 64.6 Å². The number of carbonyl (C=O) groups is 2. The summed E-state index contributed by atoms with van der Waals surface area (Å²) in [6.07, 6.45) is -4.86. The van der Waals surface area contributed by atoms with Crippen molar-refractivity contribution in [1.82, 2.24) is 5.32 Å². The molecule has 10 heteroatoms. The van der Waals surface area contributed by atoms with E-state index in [9.17, 15) is 22.8 Å². The van der Waals surface area contributed by atoms with Gasteiger partial charge in [-0.2, -0.15) is 0 Å². The van der Waals surface area contributed by atoms with Crippen LogP contribution in [0.3, 0.4) is 0 Å². The number of esters is 1. The van der Waals surface area contributed by atoms with Gasteiger partial charge in [0.05, 0.1) is 15.6 Å². The van der Waals surface area contributed by atoms with Gasteiger partial charge >= 0.3 is 12.3 Å². The van der Waals surface area contributed by atoms with Gasteiger partial charge in [-0.3, -0.25) is 4.79 Å². The monoisotopic (exact) mass is 421 g/mol. The van der Waals surface area contributed by atoms with Gasteiger partial charge in [-0.05, 0) is 18.2 Å². The van der Waals surface area contributed by atoms with Crippen molar-refractivity contribution in [3.63, 3.8) is 0 Å². The minimum Gasteiger partial charge on any atom is -0.452 e. The van der Waals surface area contributed by atoms with Crippen molar-refractivity contribution in [3.05, 3.63) is 63.6 Å². The third kappa shape index (κ3) is 6.33. The summed E-state index contributed by atoms with van der Waals surface area (Å²) < 4.78 is 45.8. The maximum absolute atomic E-state index is 12.4. The molecular formula is C17H12Cl2F3NO4. The molecule has 144 valence electrons. The summed E-state index contributed by atoms with van der Waals surface area (Å²) in [7, 11) is 0.